The second-order valence-electron chi connectivity index (χ2n) is 9.67. The maximum atomic E-state index is 13.3. The molecule has 1 radical (unpaired) electrons. The van der Waals surface area contributed by atoms with E-state index >= 15 is 0 Å². The number of para-hydroxylation sites is 1. The van der Waals surface area contributed by atoms with E-state index in [1.807, 2.05) is 48.7 Å². The number of hydrogen-bond donors (Lipinski definition) is 3. The summed E-state index contributed by atoms with van der Waals surface area (Å²) in [5.74, 6) is 0.0887. The van der Waals surface area contributed by atoms with Gasteiger partial charge < -0.3 is 30.7 Å². The number of likely N-dealkylation sites (tertiary alicyclic amines) is 1. The van der Waals surface area contributed by atoms with Crippen LogP contribution in [0.15, 0.2) is 41.8 Å². The molecule has 37 heavy (non-hydrogen) atoms. The van der Waals surface area contributed by atoms with Crippen LogP contribution in [0.5, 0.6) is 5.75 Å². The summed E-state index contributed by atoms with van der Waals surface area (Å²) in [5.41, 5.74) is 5.33. The standard InChI is InChI=1S/C27H35N4O5S/c1-19(22-9-6-14-37-22)30-26(34)21-15-27(18-35-13-11-28)16-23(27)31(21)25(33)17-29-24(32)10-5-12-36-20-7-3-2-4-8-20/h2-4,7-9,14,19,21,23H,5,10-13,15-18,28H2,1H3,(H,29,32)(H,30,34)/t19-,21+,23+,27-/m1/s1. The summed E-state index contributed by atoms with van der Waals surface area (Å²) in [4.78, 5) is 41.5. The van der Waals surface area contributed by atoms with Gasteiger partial charge in [-0.2, -0.15) is 0 Å². The van der Waals surface area contributed by atoms with Crippen LogP contribution in [-0.4, -0.2) is 67.6 Å². The first kappa shape index (κ1) is 27.1. The zero-order valence-electron chi connectivity index (χ0n) is 21.1. The van der Waals surface area contributed by atoms with Gasteiger partial charge in [0.05, 0.1) is 32.4 Å². The molecule has 199 valence electrons. The lowest BCUT2D eigenvalue weighted by atomic mass is 10.00. The summed E-state index contributed by atoms with van der Waals surface area (Å²) in [6, 6.07) is 13.4. The van der Waals surface area contributed by atoms with Gasteiger partial charge in [-0.1, -0.05) is 18.2 Å². The Kier molecular flexibility index (Phi) is 9.18. The zero-order valence-corrected chi connectivity index (χ0v) is 21.9. The SMILES string of the molecule is C[C@@H](NC(=O)[C@@H]1C[C@]2(COCCN)C[C@@H]2N1C(=O)CNC(=O)CCCOc1ccccc1)c1c[c]cs1. The zero-order chi connectivity index (χ0) is 26.3. The van der Waals surface area contributed by atoms with Crippen molar-refractivity contribution in [3.8, 4) is 5.75 Å². The van der Waals surface area contributed by atoms with Gasteiger partial charge in [-0.05, 0) is 55.8 Å². The summed E-state index contributed by atoms with van der Waals surface area (Å²) < 4.78 is 11.3. The Hall–Kier alpha value is -2.95. The maximum Gasteiger partial charge on any atom is 0.243 e. The van der Waals surface area contributed by atoms with E-state index in [-0.39, 0.29) is 48.2 Å². The molecule has 1 aromatic heterocycles. The number of nitrogens with zero attached hydrogens (tertiary/aromatic N) is 1. The van der Waals surface area contributed by atoms with Gasteiger partial charge in [-0.15, -0.1) is 11.3 Å². The molecule has 4 atom stereocenters. The second kappa shape index (κ2) is 12.5. The van der Waals surface area contributed by atoms with Gasteiger partial charge in [0, 0.05) is 29.3 Å². The van der Waals surface area contributed by atoms with E-state index in [1.54, 1.807) is 4.90 Å². The van der Waals surface area contributed by atoms with Crippen LogP contribution in [0.2, 0.25) is 0 Å². The maximum absolute atomic E-state index is 13.3. The third-order valence-corrected chi connectivity index (χ3v) is 7.93. The number of amides is 3. The van der Waals surface area contributed by atoms with Gasteiger partial charge >= 0.3 is 0 Å². The number of carbonyl (C=O) groups excluding carboxylic acids is 3. The van der Waals surface area contributed by atoms with Gasteiger partial charge in [0.1, 0.15) is 11.8 Å². The minimum absolute atomic E-state index is 0.0740. The highest BCUT2D eigenvalue weighted by Gasteiger charge is 2.67. The molecule has 4 rings (SSSR count). The highest BCUT2D eigenvalue weighted by molar-refractivity contribution is 7.10. The van der Waals surface area contributed by atoms with Crippen LogP contribution in [0.1, 0.15) is 43.5 Å². The smallest absolute Gasteiger partial charge is 0.243 e. The van der Waals surface area contributed by atoms with Crippen LogP contribution in [0.25, 0.3) is 0 Å². The van der Waals surface area contributed by atoms with Crippen LogP contribution in [0.4, 0.5) is 0 Å². The molecule has 2 aromatic rings. The molecular formula is C27H35N4O5S. The number of nitrogens with one attached hydrogen (secondary N) is 2. The van der Waals surface area contributed by atoms with Crippen molar-refractivity contribution in [3.63, 3.8) is 0 Å². The lowest BCUT2D eigenvalue weighted by Gasteiger charge is -2.28. The molecule has 1 aliphatic carbocycles. The fourth-order valence-electron chi connectivity index (χ4n) is 4.93. The van der Waals surface area contributed by atoms with Crippen LogP contribution in [0, 0.1) is 11.5 Å². The Bertz CT molecular complexity index is 1050. The van der Waals surface area contributed by atoms with Crippen molar-refractivity contribution in [1.29, 1.82) is 0 Å². The van der Waals surface area contributed by atoms with E-state index < -0.39 is 6.04 Å². The van der Waals surface area contributed by atoms with E-state index in [0.717, 1.165) is 17.0 Å². The highest BCUT2D eigenvalue weighted by Crippen LogP contribution is 2.59. The summed E-state index contributed by atoms with van der Waals surface area (Å²) in [6.45, 7) is 3.51. The molecule has 10 heteroatoms. The first-order valence-corrected chi connectivity index (χ1v) is 13.6. The number of rotatable bonds is 14. The van der Waals surface area contributed by atoms with Gasteiger partial charge in [0.25, 0.3) is 0 Å². The van der Waals surface area contributed by atoms with E-state index in [1.165, 1.54) is 11.3 Å². The molecule has 9 nitrogen and oxygen atoms in total. The van der Waals surface area contributed by atoms with Gasteiger partial charge in [0.2, 0.25) is 17.7 Å². The highest BCUT2D eigenvalue weighted by atomic mass is 32.1. The van der Waals surface area contributed by atoms with Crippen molar-refractivity contribution in [2.75, 3.05) is 32.9 Å². The Morgan fingerprint density at radius 2 is 2.05 bits per heavy atom. The molecule has 2 aliphatic rings. The van der Waals surface area contributed by atoms with Crippen molar-refractivity contribution in [3.05, 3.63) is 52.7 Å². The Morgan fingerprint density at radius 3 is 2.78 bits per heavy atom. The average molecular weight is 528 g/mol. The van der Waals surface area contributed by atoms with Gasteiger partial charge in [-0.3, -0.25) is 14.4 Å². The number of fused-ring (bicyclic) bond motifs is 1. The molecule has 2 heterocycles. The fraction of sp³-hybridized carbons (Fsp3) is 0.519. The predicted molar refractivity (Wildman–Crippen MR) is 140 cm³/mol. The summed E-state index contributed by atoms with van der Waals surface area (Å²) in [5, 5.41) is 7.61. The first-order chi connectivity index (χ1) is 17.9. The topological polar surface area (TPSA) is 123 Å². The minimum Gasteiger partial charge on any atom is -0.494 e. The van der Waals surface area contributed by atoms with Crippen LogP contribution >= 0.6 is 11.3 Å². The number of hydrogen-bond acceptors (Lipinski definition) is 7. The van der Waals surface area contributed by atoms with Crippen LogP contribution in [-0.2, 0) is 19.1 Å². The monoisotopic (exact) mass is 527 g/mol. The summed E-state index contributed by atoms with van der Waals surface area (Å²) in [6.07, 6.45) is 2.10. The molecule has 4 N–H and O–H groups in total. The molecule has 0 bridgehead atoms. The van der Waals surface area contributed by atoms with Crippen molar-refractivity contribution in [2.24, 2.45) is 11.1 Å². The van der Waals surface area contributed by atoms with Crippen molar-refractivity contribution >= 4 is 29.1 Å². The largest absolute Gasteiger partial charge is 0.494 e. The molecule has 2 fully saturated rings. The molecule has 0 unspecified atom stereocenters. The normalized spacial score (nSPS) is 22.7. The average Bonchev–Trinajstić information content (AvgIpc) is 3.24. The summed E-state index contributed by atoms with van der Waals surface area (Å²) in [7, 11) is 0. The molecular weight excluding hydrogens is 492 g/mol. The quantitative estimate of drug-likeness (QED) is 0.323. The third kappa shape index (κ3) is 6.88. The Morgan fingerprint density at radius 1 is 1.24 bits per heavy atom. The lowest BCUT2D eigenvalue weighted by Crippen LogP contribution is -2.51. The second-order valence-corrected chi connectivity index (χ2v) is 10.6. The summed E-state index contributed by atoms with van der Waals surface area (Å²) >= 11 is 1.52. The Balaban J connectivity index is 1.29. The number of nitrogens with two attached hydrogens (primary N) is 1. The molecule has 1 saturated carbocycles. The van der Waals surface area contributed by atoms with Crippen molar-refractivity contribution in [2.45, 2.75) is 50.7 Å². The predicted octanol–water partition coefficient (Wildman–Crippen LogP) is 2.04. The molecule has 3 amide bonds. The number of carbonyl (C=O) groups is 3. The van der Waals surface area contributed by atoms with E-state index in [4.69, 9.17) is 15.2 Å². The molecule has 0 spiro atoms. The fourth-order valence-corrected chi connectivity index (χ4v) is 5.60. The molecule has 1 aromatic carbocycles. The van der Waals surface area contributed by atoms with Crippen LogP contribution in [0.3, 0.4) is 0 Å². The number of benzene rings is 1. The molecule has 1 aliphatic heterocycles. The van der Waals surface area contributed by atoms with Crippen molar-refractivity contribution < 1.29 is 23.9 Å². The van der Waals surface area contributed by atoms with Crippen molar-refractivity contribution in [1.82, 2.24) is 15.5 Å². The van der Waals surface area contributed by atoms with Gasteiger partial charge in [0.15, 0.2) is 0 Å². The lowest BCUT2D eigenvalue weighted by molar-refractivity contribution is -0.140. The number of thiophene rings is 1. The van der Waals surface area contributed by atoms with E-state index in [0.29, 0.717) is 39.2 Å². The minimum atomic E-state index is -0.602. The van der Waals surface area contributed by atoms with Crippen LogP contribution < -0.4 is 21.1 Å². The first-order valence-electron chi connectivity index (χ1n) is 12.7. The third-order valence-electron chi connectivity index (χ3n) is 6.93. The van der Waals surface area contributed by atoms with E-state index in [2.05, 4.69) is 16.7 Å². The van der Waals surface area contributed by atoms with E-state index in [9.17, 15) is 14.4 Å². The number of ether oxygens (including phenoxy) is 2. The van der Waals surface area contributed by atoms with Gasteiger partial charge in [-0.25, -0.2) is 0 Å². The Labute approximate surface area is 221 Å². The molecule has 1 saturated heterocycles. The number of piperidine rings is 1.